The third-order valence-electron chi connectivity index (χ3n) is 2.92. The minimum absolute atomic E-state index is 0.0386. The smallest absolute Gasteiger partial charge is 0.340 e. The Balaban J connectivity index is 1.95. The maximum atomic E-state index is 12.1. The van der Waals surface area contributed by atoms with E-state index in [1.54, 1.807) is 30.3 Å². The van der Waals surface area contributed by atoms with Crippen LogP contribution in [0.2, 0.25) is 10.0 Å². The van der Waals surface area contributed by atoms with Crippen LogP contribution < -0.4 is 9.46 Å². The second-order valence-electron chi connectivity index (χ2n) is 4.95. The van der Waals surface area contributed by atoms with E-state index in [0.29, 0.717) is 15.8 Å². The number of carbonyl (C=O) groups excluding carboxylic acids is 1. The Labute approximate surface area is 155 Å². The van der Waals surface area contributed by atoms with Crippen molar-refractivity contribution in [1.29, 1.82) is 0 Å². The lowest BCUT2D eigenvalue weighted by Gasteiger charge is -2.12. The van der Waals surface area contributed by atoms with Crippen LogP contribution >= 0.6 is 23.2 Å². The van der Waals surface area contributed by atoms with Gasteiger partial charge >= 0.3 is 5.97 Å². The Morgan fingerprint density at radius 3 is 2.32 bits per heavy atom. The summed E-state index contributed by atoms with van der Waals surface area (Å²) in [6.45, 7) is -0.0234. The summed E-state index contributed by atoms with van der Waals surface area (Å²) in [5.74, 6) is -0.373. The molecule has 0 aliphatic heterocycles. The molecule has 0 atom stereocenters. The number of carbonyl (C=O) groups is 1. The zero-order valence-corrected chi connectivity index (χ0v) is 15.5. The minimum atomic E-state index is -3.52. The highest BCUT2D eigenvalue weighted by Gasteiger charge is 2.15. The van der Waals surface area contributed by atoms with E-state index in [9.17, 15) is 13.2 Å². The first-order valence-electron chi connectivity index (χ1n) is 7.08. The third-order valence-corrected chi connectivity index (χ3v) is 4.11. The Hall–Kier alpha value is -1.96. The Morgan fingerprint density at radius 1 is 1.04 bits per heavy atom. The number of para-hydroxylation sites is 2. The number of benzene rings is 2. The van der Waals surface area contributed by atoms with Crippen LogP contribution in [0.3, 0.4) is 0 Å². The molecule has 0 bridgehead atoms. The lowest BCUT2D eigenvalue weighted by molar-refractivity contribution is 0.0452. The van der Waals surface area contributed by atoms with Gasteiger partial charge in [0.05, 0.1) is 27.6 Å². The van der Waals surface area contributed by atoms with Crippen LogP contribution in [0.5, 0.6) is 5.75 Å². The average molecular weight is 404 g/mol. The van der Waals surface area contributed by atoms with Crippen LogP contribution in [-0.2, 0) is 14.8 Å². The van der Waals surface area contributed by atoms with Crippen molar-refractivity contribution < 1.29 is 22.7 Å². The maximum Gasteiger partial charge on any atom is 0.340 e. The molecule has 2 aromatic carbocycles. The van der Waals surface area contributed by atoms with Gasteiger partial charge in [0.2, 0.25) is 10.0 Å². The van der Waals surface area contributed by atoms with Gasteiger partial charge in [-0.1, -0.05) is 41.4 Å². The van der Waals surface area contributed by atoms with E-state index in [2.05, 4.69) is 4.72 Å². The SMILES string of the molecule is CS(=O)(=O)Nc1ccccc1C(=O)OCCOc1c(Cl)cccc1Cl. The molecule has 9 heteroatoms. The fraction of sp³-hybridized carbons (Fsp3) is 0.188. The Morgan fingerprint density at radius 2 is 1.68 bits per heavy atom. The van der Waals surface area contributed by atoms with Crippen molar-refractivity contribution in [3.05, 3.63) is 58.1 Å². The fourth-order valence-electron chi connectivity index (χ4n) is 1.93. The summed E-state index contributed by atoms with van der Waals surface area (Å²) < 4.78 is 35.5. The Kier molecular flexibility index (Phi) is 6.52. The molecule has 0 heterocycles. The largest absolute Gasteiger partial charge is 0.487 e. The first-order chi connectivity index (χ1) is 11.8. The summed E-state index contributed by atoms with van der Waals surface area (Å²) in [6.07, 6.45) is 0.996. The van der Waals surface area contributed by atoms with Gasteiger partial charge in [-0.2, -0.15) is 0 Å². The van der Waals surface area contributed by atoms with Crippen molar-refractivity contribution in [3.63, 3.8) is 0 Å². The van der Waals surface area contributed by atoms with Crippen LogP contribution in [0.25, 0.3) is 0 Å². The molecule has 0 unspecified atom stereocenters. The molecule has 6 nitrogen and oxygen atoms in total. The molecule has 0 aliphatic carbocycles. The van der Waals surface area contributed by atoms with Gasteiger partial charge in [0.15, 0.2) is 5.75 Å². The van der Waals surface area contributed by atoms with Gasteiger partial charge in [0, 0.05) is 0 Å². The standard InChI is InChI=1S/C16H15Cl2NO5S/c1-25(21,22)19-14-8-3-2-5-11(14)16(20)24-10-9-23-15-12(17)6-4-7-13(15)18/h2-8,19H,9-10H2,1H3. The molecule has 0 fully saturated rings. The highest BCUT2D eigenvalue weighted by atomic mass is 35.5. The molecular formula is C16H15Cl2NO5S. The number of sulfonamides is 1. The quantitative estimate of drug-likeness (QED) is 0.563. The number of anilines is 1. The summed E-state index contributed by atoms with van der Waals surface area (Å²) in [5, 5.41) is 0.697. The molecule has 25 heavy (non-hydrogen) atoms. The molecule has 0 saturated heterocycles. The van der Waals surface area contributed by atoms with Crippen LogP contribution in [0.1, 0.15) is 10.4 Å². The summed E-state index contributed by atoms with van der Waals surface area (Å²) in [5.41, 5.74) is 0.244. The number of nitrogens with one attached hydrogen (secondary N) is 1. The zero-order chi connectivity index (χ0) is 18.4. The van der Waals surface area contributed by atoms with Gasteiger partial charge < -0.3 is 9.47 Å². The van der Waals surface area contributed by atoms with E-state index in [0.717, 1.165) is 6.26 Å². The van der Waals surface area contributed by atoms with E-state index in [1.165, 1.54) is 12.1 Å². The van der Waals surface area contributed by atoms with Gasteiger partial charge in [0.25, 0.3) is 0 Å². The highest BCUT2D eigenvalue weighted by molar-refractivity contribution is 7.92. The van der Waals surface area contributed by atoms with Gasteiger partial charge in [-0.15, -0.1) is 0 Å². The third kappa shape index (κ3) is 5.81. The predicted molar refractivity (Wildman–Crippen MR) is 97.1 cm³/mol. The lowest BCUT2D eigenvalue weighted by Crippen LogP contribution is -2.16. The fourth-order valence-corrected chi connectivity index (χ4v) is 3.01. The average Bonchev–Trinajstić information content (AvgIpc) is 2.52. The van der Waals surface area contributed by atoms with Crippen molar-refractivity contribution >= 4 is 44.9 Å². The molecule has 0 aromatic heterocycles. The monoisotopic (exact) mass is 403 g/mol. The molecular weight excluding hydrogens is 389 g/mol. The van der Waals surface area contributed by atoms with Gasteiger partial charge in [-0.05, 0) is 24.3 Å². The molecule has 0 amide bonds. The first-order valence-corrected chi connectivity index (χ1v) is 9.73. The van der Waals surface area contributed by atoms with Gasteiger partial charge in [-0.3, -0.25) is 4.72 Å². The molecule has 134 valence electrons. The van der Waals surface area contributed by atoms with E-state index >= 15 is 0 Å². The van der Waals surface area contributed by atoms with Crippen molar-refractivity contribution in [2.45, 2.75) is 0 Å². The number of hydrogen-bond donors (Lipinski definition) is 1. The predicted octanol–water partition coefficient (Wildman–Crippen LogP) is 3.60. The van der Waals surface area contributed by atoms with Crippen molar-refractivity contribution in [2.75, 3.05) is 24.2 Å². The number of esters is 1. The highest BCUT2D eigenvalue weighted by Crippen LogP contribution is 2.32. The second kappa shape index (κ2) is 8.42. The molecule has 0 radical (unpaired) electrons. The van der Waals surface area contributed by atoms with Gasteiger partial charge in [0.1, 0.15) is 13.2 Å². The van der Waals surface area contributed by atoms with Crippen molar-refractivity contribution in [2.24, 2.45) is 0 Å². The molecule has 1 N–H and O–H groups in total. The molecule has 2 rings (SSSR count). The normalized spacial score (nSPS) is 11.0. The molecule has 0 aliphatic rings. The second-order valence-corrected chi connectivity index (χ2v) is 7.52. The number of rotatable bonds is 7. The van der Waals surface area contributed by atoms with Crippen LogP contribution in [0.4, 0.5) is 5.69 Å². The zero-order valence-electron chi connectivity index (χ0n) is 13.2. The molecule has 2 aromatic rings. The minimum Gasteiger partial charge on any atom is -0.487 e. The maximum absolute atomic E-state index is 12.1. The number of ether oxygens (including phenoxy) is 2. The van der Waals surface area contributed by atoms with Crippen LogP contribution in [0.15, 0.2) is 42.5 Å². The summed E-state index contributed by atoms with van der Waals surface area (Å²) in [6, 6.07) is 11.1. The van der Waals surface area contributed by atoms with E-state index in [1.807, 2.05) is 0 Å². The topological polar surface area (TPSA) is 81.7 Å². The first kappa shape index (κ1) is 19.4. The lowest BCUT2D eigenvalue weighted by atomic mass is 10.2. The number of hydrogen-bond acceptors (Lipinski definition) is 5. The molecule has 0 saturated carbocycles. The summed E-state index contributed by atoms with van der Waals surface area (Å²) in [7, 11) is -3.52. The van der Waals surface area contributed by atoms with Crippen molar-refractivity contribution in [1.82, 2.24) is 0 Å². The number of halogens is 2. The van der Waals surface area contributed by atoms with E-state index in [-0.39, 0.29) is 24.5 Å². The van der Waals surface area contributed by atoms with Crippen LogP contribution in [0, 0.1) is 0 Å². The van der Waals surface area contributed by atoms with E-state index in [4.69, 9.17) is 32.7 Å². The van der Waals surface area contributed by atoms with E-state index < -0.39 is 16.0 Å². The summed E-state index contributed by atoms with van der Waals surface area (Å²) >= 11 is 11.9. The van der Waals surface area contributed by atoms with Gasteiger partial charge in [-0.25, -0.2) is 13.2 Å². The van der Waals surface area contributed by atoms with Crippen LogP contribution in [-0.4, -0.2) is 33.9 Å². The Bertz CT molecular complexity index is 850. The van der Waals surface area contributed by atoms with Crippen molar-refractivity contribution in [3.8, 4) is 5.75 Å². The summed E-state index contributed by atoms with van der Waals surface area (Å²) in [4.78, 5) is 12.1. The molecule has 0 spiro atoms.